The van der Waals surface area contributed by atoms with E-state index < -0.39 is 5.97 Å². The Morgan fingerprint density at radius 2 is 2.07 bits per heavy atom. The van der Waals surface area contributed by atoms with E-state index in [4.69, 9.17) is 5.11 Å². The van der Waals surface area contributed by atoms with Gasteiger partial charge in [0.1, 0.15) is 0 Å². The fourth-order valence-corrected chi connectivity index (χ4v) is 1.43. The number of rotatable bonds is 3. The first-order chi connectivity index (χ1) is 7.27. The molecule has 1 N–H and O–H groups in total. The van der Waals surface area contributed by atoms with Gasteiger partial charge in [-0.05, 0) is 12.1 Å². The Bertz CT molecular complexity index is 462. The van der Waals surface area contributed by atoms with Gasteiger partial charge in [0.25, 0.3) is 0 Å². The van der Waals surface area contributed by atoms with E-state index in [0.717, 1.165) is 5.69 Å². The van der Waals surface area contributed by atoms with Crippen LogP contribution in [-0.4, -0.2) is 20.6 Å². The quantitative estimate of drug-likeness (QED) is 0.820. The van der Waals surface area contributed by atoms with Crippen LogP contribution in [0.1, 0.15) is 5.69 Å². The number of aromatic nitrogens is 2. The van der Waals surface area contributed by atoms with Crippen molar-refractivity contribution in [3.63, 3.8) is 0 Å². The number of carboxylic acids is 1. The van der Waals surface area contributed by atoms with E-state index in [0.29, 0.717) is 5.69 Å². The average Bonchev–Trinajstić information content (AvgIpc) is 2.66. The zero-order chi connectivity index (χ0) is 10.7. The maximum Gasteiger partial charge on any atom is 0.309 e. The molecular weight excluding hydrogens is 192 g/mol. The number of hydrogen-bond acceptors (Lipinski definition) is 2. The molecule has 0 radical (unpaired) electrons. The minimum atomic E-state index is -0.854. The van der Waals surface area contributed by atoms with Crippen molar-refractivity contribution in [3.8, 4) is 5.69 Å². The number of aliphatic carboxylic acids is 1. The Labute approximate surface area is 86.8 Å². The highest BCUT2D eigenvalue weighted by atomic mass is 16.4. The van der Waals surface area contributed by atoms with Crippen molar-refractivity contribution in [2.45, 2.75) is 6.42 Å². The average molecular weight is 202 g/mol. The van der Waals surface area contributed by atoms with Crippen LogP contribution < -0.4 is 0 Å². The predicted molar refractivity (Wildman–Crippen MR) is 54.9 cm³/mol. The molecule has 1 aromatic heterocycles. The summed E-state index contributed by atoms with van der Waals surface area (Å²) in [6.07, 6.45) is 3.17. The lowest BCUT2D eigenvalue weighted by molar-refractivity contribution is -0.136. The molecule has 0 aliphatic heterocycles. The molecular formula is C11H10N2O2. The molecule has 15 heavy (non-hydrogen) atoms. The van der Waals surface area contributed by atoms with Gasteiger partial charge in [0.05, 0.1) is 18.4 Å². The molecule has 1 heterocycles. The highest BCUT2D eigenvalue weighted by Crippen LogP contribution is 2.10. The molecule has 0 unspecified atom stereocenters. The number of para-hydroxylation sites is 1. The molecule has 4 heteroatoms. The molecule has 2 aromatic rings. The van der Waals surface area contributed by atoms with Crippen molar-refractivity contribution >= 4 is 5.97 Å². The molecule has 0 fully saturated rings. The third kappa shape index (κ3) is 2.04. The van der Waals surface area contributed by atoms with Crippen LogP contribution in [0.3, 0.4) is 0 Å². The van der Waals surface area contributed by atoms with Crippen molar-refractivity contribution in [3.05, 3.63) is 48.5 Å². The molecule has 0 aliphatic carbocycles. The highest BCUT2D eigenvalue weighted by molar-refractivity contribution is 5.69. The second kappa shape index (κ2) is 3.96. The zero-order valence-electron chi connectivity index (χ0n) is 8.00. The van der Waals surface area contributed by atoms with Gasteiger partial charge in [-0.3, -0.25) is 4.79 Å². The van der Waals surface area contributed by atoms with Gasteiger partial charge < -0.3 is 9.67 Å². The third-order valence-electron chi connectivity index (χ3n) is 2.08. The lowest BCUT2D eigenvalue weighted by Gasteiger charge is -2.05. The van der Waals surface area contributed by atoms with Gasteiger partial charge >= 0.3 is 5.97 Å². The first-order valence-electron chi connectivity index (χ1n) is 4.56. The zero-order valence-corrected chi connectivity index (χ0v) is 8.00. The molecule has 1 aromatic carbocycles. The minimum absolute atomic E-state index is 0.0190. The summed E-state index contributed by atoms with van der Waals surface area (Å²) in [4.78, 5) is 14.6. The fraction of sp³-hybridized carbons (Fsp3) is 0.0909. The molecule has 4 nitrogen and oxygen atoms in total. The van der Waals surface area contributed by atoms with Gasteiger partial charge in [-0.25, -0.2) is 4.98 Å². The van der Waals surface area contributed by atoms with E-state index in [2.05, 4.69) is 4.98 Å². The molecule has 0 aliphatic rings. The summed E-state index contributed by atoms with van der Waals surface area (Å²) in [5.74, 6) is -0.854. The Balaban J connectivity index is 2.37. The Kier molecular flexibility index (Phi) is 2.49. The van der Waals surface area contributed by atoms with Gasteiger partial charge in [0.2, 0.25) is 0 Å². The van der Waals surface area contributed by atoms with Crippen LogP contribution >= 0.6 is 0 Å². The molecule has 0 amide bonds. The molecule has 0 atom stereocenters. The summed E-state index contributed by atoms with van der Waals surface area (Å²) >= 11 is 0. The monoisotopic (exact) mass is 202 g/mol. The van der Waals surface area contributed by atoms with Gasteiger partial charge in [-0.1, -0.05) is 18.2 Å². The SMILES string of the molecule is O=C(O)Cc1cncn1-c1ccccc1. The third-order valence-corrected chi connectivity index (χ3v) is 2.08. The van der Waals surface area contributed by atoms with Crippen LogP contribution in [0, 0.1) is 0 Å². The molecule has 0 spiro atoms. The molecule has 76 valence electrons. The molecule has 2 rings (SSSR count). The van der Waals surface area contributed by atoms with E-state index in [1.165, 1.54) is 0 Å². The van der Waals surface area contributed by atoms with E-state index in [9.17, 15) is 4.79 Å². The summed E-state index contributed by atoms with van der Waals surface area (Å²) < 4.78 is 1.77. The summed E-state index contributed by atoms with van der Waals surface area (Å²) in [5, 5.41) is 8.72. The standard InChI is InChI=1S/C11H10N2O2/c14-11(15)6-10-7-12-8-13(10)9-4-2-1-3-5-9/h1-5,7-8H,6H2,(H,14,15). The summed E-state index contributed by atoms with van der Waals surface area (Å²) in [7, 11) is 0. The lowest BCUT2D eigenvalue weighted by atomic mass is 10.3. The van der Waals surface area contributed by atoms with Crippen molar-refractivity contribution in [1.29, 1.82) is 0 Å². The van der Waals surface area contributed by atoms with E-state index in [1.807, 2.05) is 30.3 Å². The predicted octanol–water partition coefficient (Wildman–Crippen LogP) is 1.50. The Hall–Kier alpha value is -2.10. The number of carboxylic acid groups (broad SMARTS) is 1. The summed E-state index contributed by atoms with van der Waals surface area (Å²) in [5.41, 5.74) is 1.60. The van der Waals surface area contributed by atoms with Crippen LogP contribution in [0.25, 0.3) is 5.69 Å². The Morgan fingerprint density at radius 1 is 1.33 bits per heavy atom. The first kappa shape index (κ1) is 9.45. The summed E-state index contributed by atoms with van der Waals surface area (Å²) in [6, 6.07) is 9.54. The molecule has 0 saturated carbocycles. The summed E-state index contributed by atoms with van der Waals surface area (Å²) in [6.45, 7) is 0. The second-order valence-electron chi connectivity index (χ2n) is 3.16. The van der Waals surface area contributed by atoms with Crippen LogP contribution in [0.15, 0.2) is 42.9 Å². The number of hydrogen-bond donors (Lipinski definition) is 1. The second-order valence-corrected chi connectivity index (χ2v) is 3.16. The van der Waals surface area contributed by atoms with Crippen LogP contribution in [0.4, 0.5) is 0 Å². The smallest absolute Gasteiger partial charge is 0.309 e. The minimum Gasteiger partial charge on any atom is -0.481 e. The number of benzene rings is 1. The van der Waals surface area contributed by atoms with Crippen LogP contribution in [0.5, 0.6) is 0 Å². The maximum atomic E-state index is 10.6. The lowest BCUT2D eigenvalue weighted by Crippen LogP contribution is -2.05. The number of imidazole rings is 1. The maximum absolute atomic E-state index is 10.6. The largest absolute Gasteiger partial charge is 0.481 e. The topological polar surface area (TPSA) is 55.1 Å². The number of carbonyl (C=O) groups is 1. The van der Waals surface area contributed by atoms with Crippen LogP contribution in [-0.2, 0) is 11.2 Å². The van der Waals surface area contributed by atoms with E-state index in [-0.39, 0.29) is 6.42 Å². The fourth-order valence-electron chi connectivity index (χ4n) is 1.43. The molecule has 0 saturated heterocycles. The van der Waals surface area contributed by atoms with Crippen molar-refractivity contribution in [2.75, 3.05) is 0 Å². The highest BCUT2D eigenvalue weighted by Gasteiger charge is 2.07. The Morgan fingerprint density at radius 3 is 2.73 bits per heavy atom. The van der Waals surface area contributed by atoms with Gasteiger partial charge in [0.15, 0.2) is 0 Å². The van der Waals surface area contributed by atoms with Gasteiger partial charge in [0, 0.05) is 11.9 Å². The number of nitrogens with zero attached hydrogens (tertiary/aromatic N) is 2. The normalized spacial score (nSPS) is 10.1. The van der Waals surface area contributed by atoms with E-state index in [1.54, 1.807) is 17.1 Å². The van der Waals surface area contributed by atoms with Crippen molar-refractivity contribution in [2.24, 2.45) is 0 Å². The van der Waals surface area contributed by atoms with Gasteiger partial charge in [-0.15, -0.1) is 0 Å². The van der Waals surface area contributed by atoms with Gasteiger partial charge in [-0.2, -0.15) is 0 Å². The molecule has 0 bridgehead atoms. The van der Waals surface area contributed by atoms with E-state index >= 15 is 0 Å². The van der Waals surface area contributed by atoms with Crippen molar-refractivity contribution < 1.29 is 9.90 Å². The first-order valence-corrected chi connectivity index (χ1v) is 4.56. The van der Waals surface area contributed by atoms with Crippen LogP contribution in [0.2, 0.25) is 0 Å². The van der Waals surface area contributed by atoms with Crippen molar-refractivity contribution in [1.82, 2.24) is 9.55 Å².